The van der Waals surface area contributed by atoms with Crippen LogP contribution in [0.25, 0.3) is 0 Å². The van der Waals surface area contributed by atoms with Gasteiger partial charge in [0.05, 0.1) is 4.47 Å². The summed E-state index contributed by atoms with van der Waals surface area (Å²) in [7, 11) is 1.92. The quantitative estimate of drug-likeness (QED) is 0.383. The minimum atomic E-state index is 0.0992. The van der Waals surface area contributed by atoms with E-state index in [2.05, 4.69) is 26.1 Å². The van der Waals surface area contributed by atoms with Crippen LogP contribution in [0.4, 0.5) is 5.82 Å². The third-order valence-electron chi connectivity index (χ3n) is 2.37. The SMILES string of the molecule is CC(CC(N)=NO)N(C)c1ncccc1Br. The lowest BCUT2D eigenvalue weighted by molar-refractivity contribution is 0.316. The molecule has 88 valence electrons. The molecular weight excluding hydrogens is 272 g/mol. The zero-order valence-electron chi connectivity index (χ0n) is 9.26. The summed E-state index contributed by atoms with van der Waals surface area (Å²) in [6.07, 6.45) is 2.21. The largest absolute Gasteiger partial charge is 0.409 e. The molecule has 0 radical (unpaired) electrons. The summed E-state index contributed by atoms with van der Waals surface area (Å²) in [5.41, 5.74) is 5.47. The van der Waals surface area contributed by atoms with Crippen molar-refractivity contribution >= 4 is 27.6 Å². The second-order valence-corrected chi connectivity index (χ2v) is 4.42. The standard InChI is InChI=1S/C10H15BrN4O/c1-7(6-9(12)14-16)15(2)10-8(11)4-3-5-13-10/h3-5,7,16H,6H2,1-2H3,(H2,12,14). The fraction of sp³-hybridized carbons (Fsp3) is 0.400. The van der Waals surface area contributed by atoms with Crippen molar-refractivity contribution in [2.24, 2.45) is 10.9 Å². The Bertz CT molecular complexity index is 383. The molecule has 5 nitrogen and oxygen atoms in total. The van der Waals surface area contributed by atoms with Gasteiger partial charge in [0.2, 0.25) is 0 Å². The van der Waals surface area contributed by atoms with Crippen molar-refractivity contribution < 1.29 is 5.21 Å². The van der Waals surface area contributed by atoms with E-state index in [9.17, 15) is 0 Å². The molecule has 0 spiro atoms. The maximum absolute atomic E-state index is 8.51. The first-order chi connectivity index (χ1) is 7.56. The van der Waals surface area contributed by atoms with Crippen molar-refractivity contribution in [3.8, 4) is 0 Å². The number of hydrogen-bond donors (Lipinski definition) is 2. The third-order valence-corrected chi connectivity index (χ3v) is 2.99. The molecule has 16 heavy (non-hydrogen) atoms. The van der Waals surface area contributed by atoms with E-state index in [0.717, 1.165) is 10.3 Å². The third kappa shape index (κ3) is 3.10. The molecule has 0 aromatic carbocycles. The smallest absolute Gasteiger partial charge is 0.142 e. The first kappa shape index (κ1) is 12.8. The molecule has 0 fully saturated rings. The minimum absolute atomic E-state index is 0.0992. The maximum Gasteiger partial charge on any atom is 0.142 e. The Hall–Kier alpha value is -1.30. The van der Waals surface area contributed by atoms with E-state index in [1.807, 2.05) is 31.0 Å². The number of anilines is 1. The van der Waals surface area contributed by atoms with Crippen molar-refractivity contribution in [3.63, 3.8) is 0 Å². The normalized spacial score (nSPS) is 13.6. The number of rotatable bonds is 4. The molecule has 0 amide bonds. The second kappa shape index (κ2) is 5.69. The highest BCUT2D eigenvalue weighted by molar-refractivity contribution is 9.10. The fourth-order valence-electron chi connectivity index (χ4n) is 1.33. The molecule has 0 saturated carbocycles. The second-order valence-electron chi connectivity index (χ2n) is 3.56. The predicted octanol–water partition coefficient (Wildman–Crippen LogP) is 1.81. The zero-order valence-corrected chi connectivity index (χ0v) is 10.8. The summed E-state index contributed by atoms with van der Waals surface area (Å²) in [5, 5.41) is 11.5. The van der Waals surface area contributed by atoms with Crippen LogP contribution in [0, 0.1) is 0 Å². The molecule has 0 aliphatic carbocycles. The van der Waals surface area contributed by atoms with Gasteiger partial charge in [0.1, 0.15) is 11.7 Å². The van der Waals surface area contributed by atoms with E-state index in [-0.39, 0.29) is 11.9 Å². The molecule has 1 aromatic heterocycles. The monoisotopic (exact) mass is 286 g/mol. The number of aromatic nitrogens is 1. The van der Waals surface area contributed by atoms with Crippen LogP contribution in [0.3, 0.4) is 0 Å². The van der Waals surface area contributed by atoms with E-state index in [0.29, 0.717) is 6.42 Å². The molecule has 1 aromatic rings. The fourth-order valence-corrected chi connectivity index (χ4v) is 1.86. The molecule has 0 aliphatic heterocycles. The summed E-state index contributed by atoms with van der Waals surface area (Å²) < 4.78 is 0.920. The lowest BCUT2D eigenvalue weighted by Crippen LogP contribution is -2.33. The van der Waals surface area contributed by atoms with Crippen LogP contribution in [-0.4, -0.2) is 29.1 Å². The Balaban J connectivity index is 2.78. The number of oxime groups is 1. The number of halogens is 1. The highest BCUT2D eigenvalue weighted by Gasteiger charge is 2.14. The van der Waals surface area contributed by atoms with Gasteiger partial charge in [0.15, 0.2) is 0 Å². The molecule has 1 rings (SSSR count). The average Bonchev–Trinajstić information content (AvgIpc) is 2.28. The summed E-state index contributed by atoms with van der Waals surface area (Å²) in [6.45, 7) is 1.99. The zero-order chi connectivity index (χ0) is 12.1. The lowest BCUT2D eigenvalue weighted by atomic mass is 10.2. The first-order valence-corrected chi connectivity index (χ1v) is 5.65. The van der Waals surface area contributed by atoms with Crippen molar-refractivity contribution in [2.45, 2.75) is 19.4 Å². The van der Waals surface area contributed by atoms with E-state index < -0.39 is 0 Å². The van der Waals surface area contributed by atoms with E-state index in [1.54, 1.807) is 6.20 Å². The summed E-state index contributed by atoms with van der Waals surface area (Å²) in [4.78, 5) is 6.24. The van der Waals surface area contributed by atoms with Gasteiger partial charge in [-0.2, -0.15) is 0 Å². The van der Waals surface area contributed by atoms with E-state index in [4.69, 9.17) is 10.9 Å². The highest BCUT2D eigenvalue weighted by atomic mass is 79.9. The lowest BCUT2D eigenvalue weighted by Gasteiger charge is -2.26. The van der Waals surface area contributed by atoms with Crippen molar-refractivity contribution in [3.05, 3.63) is 22.8 Å². The van der Waals surface area contributed by atoms with Crippen LogP contribution in [0.1, 0.15) is 13.3 Å². The minimum Gasteiger partial charge on any atom is -0.409 e. The molecule has 1 atom stereocenters. The number of nitrogens with two attached hydrogens (primary N) is 1. The van der Waals surface area contributed by atoms with Crippen molar-refractivity contribution in [1.29, 1.82) is 0 Å². The number of amidine groups is 1. The molecule has 0 bridgehead atoms. The van der Waals surface area contributed by atoms with Crippen LogP contribution in [0.2, 0.25) is 0 Å². The van der Waals surface area contributed by atoms with Gasteiger partial charge in [-0.05, 0) is 35.0 Å². The molecule has 0 saturated heterocycles. The Morgan fingerprint density at radius 3 is 3.00 bits per heavy atom. The van der Waals surface area contributed by atoms with Crippen LogP contribution in [0.5, 0.6) is 0 Å². The molecule has 1 heterocycles. The van der Waals surface area contributed by atoms with Crippen molar-refractivity contribution in [2.75, 3.05) is 11.9 Å². The predicted molar refractivity (Wildman–Crippen MR) is 67.8 cm³/mol. The van der Waals surface area contributed by atoms with Gasteiger partial charge in [-0.25, -0.2) is 4.98 Å². The topological polar surface area (TPSA) is 74.7 Å². The Labute approximate surface area is 103 Å². The van der Waals surface area contributed by atoms with Gasteiger partial charge >= 0.3 is 0 Å². The first-order valence-electron chi connectivity index (χ1n) is 4.86. The van der Waals surface area contributed by atoms with Gasteiger partial charge in [0.25, 0.3) is 0 Å². The Kier molecular flexibility index (Phi) is 4.54. The Morgan fingerprint density at radius 1 is 1.75 bits per heavy atom. The van der Waals surface area contributed by atoms with Crippen LogP contribution in [-0.2, 0) is 0 Å². The number of hydrogen-bond acceptors (Lipinski definition) is 4. The number of nitrogens with zero attached hydrogens (tertiary/aromatic N) is 3. The van der Waals surface area contributed by atoms with Gasteiger partial charge in [-0.3, -0.25) is 0 Å². The molecule has 3 N–H and O–H groups in total. The molecule has 6 heteroatoms. The maximum atomic E-state index is 8.51. The average molecular weight is 287 g/mol. The molecule has 0 aliphatic rings. The summed E-state index contributed by atoms with van der Waals surface area (Å²) in [6, 6.07) is 3.88. The van der Waals surface area contributed by atoms with Gasteiger partial charge in [-0.15, -0.1) is 0 Å². The van der Waals surface area contributed by atoms with Crippen molar-refractivity contribution in [1.82, 2.24) is 4.98 Å². The number of pyridine rings is 1. The van der Waals surface area contributed by atoms with Crippen LogP contribution in [0.15, 0.2) is 28.0 Å². The molecule has 1 unspecified atom stereocenters. The van der Waals surface area contributed by atoms with Crippen LogP contribution < -0.4 is 10.6 Å². The van der Waals surface area contributed by atoms with Crippen LogP contribution >= 0.6 is 15.9 Å². The highest BCUT2D eigenvalue weighted by Crippen LogP contribution is 2.23. The van der Waals surface area contributed by atoms with Gasteiger partial charge in [0, 0.05) is 25.7 Å². The molecular formula is C10H15BrN4O. The Morgan fingerprint density at radius 2 is 2.44 bits per heavy atom. The summed E-state index contributed by atoms with van der Waals surface area (Å²) in [5.74, 6) is 1.05. The van der Waals surface area contributed by atoms with Gasteiger partial charge < -0.3 is 15.8 Å². The van der Waals surface area contributed by atoms with E-state index in [1.165, 1.54) is 0 Å². The van der Waals surface area contributed by atoms with Gasteiger partial charge in [-0.1, -0.05) is 5.16 Å². The summed E-state index contributed by atoms with van der Waals surface area (Å²) >= 11 is 3.43. The van der Waals surface area contributed by atoms with E-state index >= 15 is 0 Å².